The van der Waals surface area contributed by atoms with Crippen LogP contribution in [0.2, 0.25) is 0 Å². The summed E-state index contributed by atoms with van der Waals surface area (Å²) in [6.07, 6.45) is 8.90. The molecule has 0 aliphatic carbocycles. The van der Waals surface area contributed by atoms with Crippen molar-refractivity contribution < 1.29 is 9.53 Å². The van der Waals surface area contributed by atoms with Gasteiger partial charge in [-0.25, -0.2) is 0 Å². The summed E-state index contributed by atoms with van der Waals surface area (Å²) in [5, 5.41) is 0. The number of carbonyl (C=O) groups excluding carboxylic acids is 1. The van der Waals surface area contributed by atoms with Crippen molar-refractivity contribution in [3.05, 3.63) is 35.4 Å². The molecule has 22 heavy (non-hydrogen) atoms. The standard InChI is InChI=1S/C19H25NO2/c1-3-4-5-6-7-8-9-12-17-13-10-11-14-18(17)15-20-16-19(21)22-2/h10-11,13-15H,3-8,16H2,1-2H3. The van der Waals surface area contributed by atoms with Crippen LogP contribution in [0, 0.1) is 11.8 Å². The third kappa shape index (κ3) is 7.64. The molecule has 0 fully saturated rings. The van der Waals surface area contributed by atoms with E-state index in [0.717, 1.165) is 24.0 Å². The van der Waals surface area contributed by atoms with Crippen LogP contribution in [-0.2, 0) is 9.53 Å². The molecule has 0 saturated heterocycles. The first-order chi connectivity index (χ1) is 10.8. The second kappa shape index (κ2) is 11.6. The maximum Gasteiger partial charge on any atom is 0.327 e. The van der Waals surface area contributed by atoms with Crippen LogP contribution in [0.3, 0.4) is 0 Å². The quantitative estimate of drug-likeness (QED) is 0.315. The molecule has 0 amide bonds. The van der Waals surface area contributed by atoms with Gasteiger partial charge >= 0.3 is 5.97 Å². The topological polar surface area (TPSA) is 38.7 Å². The molecule has 0 aliphatic rings. The van der Waals surface area contributed by atoms with Crippen LogP contribution < -0.4 is 0 Å². The van der Waals surface area contributed by atoms with Crippen molar-refractivity contribution in [1.82, 2.24) is 0 Å². The molecule has 0 spiro atoms. The minimum absolute atomic E-state index is 0.0374. The Morgan fingerprint density at radius 2 is 2.00 bits per heavy atom. The van der Waals surface area contributed by atoms with Gasteiger partial charge in [-0.1, -0.05) is 62.6 Å². The molecule has 0 N–H and O–H groups in total. The van der Waals surface area contributed by atoms with Crippen LogP contribution in [0.5, 0.6) is 0 Å². The minimum atomic E-state index is -0.341. The van der Waals surface area contributed by atoms with E-state index in [-0.39, 0.29) is 12.5 Å². The van der Waals surface area contributed by atoms with E-state index in [1.54, 1.807) is 6.21 Å². The molecule has 0 aliphatic heterocycles. The van der Waals surface area contributed by atoms with Crippen molar-refractivity contribution in [1.29, 1.82) is 0 Å². The first-order valence-corrected chi connectivity index (χ1v) is 7.92. The summed E-state index contributed by atoms with van der Waals surface area (Å²) in [4.78, 5) is 15.1. The maximum absolute atomic E-state index is 11.0. The van der Waals surface area contributed by atoms with Crippen molar-refractivity contribution in [2.75, 3.05) is 13.7 Å². The van der Waals surface area contributed by atoms with E-state index in [2.05, 4.69) is 28.5 Å². The molecule has 1 aromatic rings. The molecule has 0 unspecified atom stereocenters. The second-order valence-corrected chi connectivity index (χ2v) is 5.10. The average molecular weight is 299 g/mol. The van der Waals surface area contributed by atoms with E-state index in [1.807, 2.05) is 24.3 Å². The van der Waals surface area contributed by atoms with Crippen molar-refractivity contribution in [2.24, 2.45) is 4.99 Å². The zero-order valence-electron chi connectivity index (χ0n) is 13.6. The number of benzene rings is 1. The third-order valence-electron chi connectivity index (χ3n) is 3.27. The fourth-order valence-electron chi connectivity index (χ4n) is 1.98. The Morgan fingerprint density at radius 1 is 1.23 bits per heavy atom. The smallest absolute Gasteiger partial charge is 0.327 e. The van der Waals surface area contributed by atoms with Gasteiger partial charge in [0, 0.05) is 23.8 Å². The molecule has 0 radical (unpaired) electrons. The van der Waals surface area contributed by atoms with Gasteiger partial charge in [-0.15, -0.1) is 0 Å². The van der Waals surface area contributed by atoms with Gasteiger partial charge in [0.1, 0.15) is 6.54 Å². The molecule has 1 rings (SSSR count). The number of hydrogen-bond donors (Lipinski definition) is 0. The fraction of sp³-hybridized carbons (Fsp3) is 0.474. The van der Waals surface area contributed by atoms with Crippen LogP contribution in [0.25, 0.3) is 0 Å². The number of unbranched alkanes of at least 4 members (excludes halogenated alkanes) is 5. The number of rotatable bonds is 8. The number of hydrogen-bond acceptors (Lipinski definition) is 3. The lowest BCUT2D eigenvalue weighted by atomic mass is 10.1. The van der Waals surface area contributed by atoms with E-state index < -0.39 is 0 Å². The summed E-state index contributed by atoms with van der Waals surface area (Å²) < 4.78 is 4.56. The summed E-state index contributed by atoms with van der Waals surface area (Å²) in [5.74, 6) is 6.08. The Kier molecular flexibility index (Phi) is 9.45. The first-order valence-electron chi connectivity index (χ1n) is 7.92. The highest BCUT2D eigenvalue weighted by Gasteiger charge is 1.98. The normalized spacial score (nSPS) is 10.3. The lowest BCUT2D eigenvalue weighted by Gasteiger charge is -1.98. The Bertz CT molecular complexity index is 538. The number of aliphatic imine (C=N–C) groups is 1. The Hall–Kier alpha value is -2.08. The molecule has 3 heteroatoms. The molecule has 0 saturated carbocycles. The molecular formula is C19H25NO2. The first kappa shape index (κ1) is 18.0. The Labute approximate surface area is 133 Å². The number of esters is 1. The summed E-state index contributed by atoms with van der Waals surface area (Å²) in [6.45, 7) is 2.26. The summed E-state index contributed by atoms with van der Waals surface area (Å²) in [6, 6.07) is 7.83. The van der Waals surface area contributed by atoms with Crippen molar-refractivity contribution in [2.45, 2.75) is 45.4 Å². The highest BCUT2D eigenvalue weighted by molar-refractivity contribution is 5.85. The summed E-state index contributed by atoms with van der Waals surface area (Å²) >= 11 is 0. The fourth-order valence-corrected chi connectivity index (χ4v) is 1.98. The van der Waals surface area contributed by atoms with Gasteiger partial charge in [0.15, 0.2) is 0 Å². The predicted octanol–water partition coefficient (Wildman–Crippen LogP) is 3.99. The van der Waals surface area contributed by atoms with Crippen molar-refractivity contribution in [3.63, 3.8) is 0 Å². The largest absolute Gasteiger partial charge is 0.468 e. The molecular weight excluding hydrogens is 274 g/mol. The molecule has 0 atom stereocenters. The average Bonchev–Trinajstić information content (AvgIpc) is 2.55. The lowest BCUT2D eigenvalue weighted by molar-refractivity contribution is -0.138. The van der Waals surface area contributed by atoms with E-state index in [1.165, 1.54) is 32.8 Å². The minimum Gasteiger partial charge on any atom is -0.468 e. The molecule has 1 aromatic carbocycles. The van der Waals surface area contributed by atoms with E-state index >= 15 is 0 Å². The van der Waals surface area contributed by atoms with Crippen molar-refractivity contribution in [3.8, 4) is 11.8 Å². The van der Waals surface area contributed by atoms with Gasteiger partial charge in [-0.3, -0.25) is 9.79 Å². The van der Waals surface area contributed by atoms with Crippen LogP contribution in [0.15, 0.2) is 29.3 Å². The molecule has 0 heterocycles. The van der Waals surface area contributed by atoms with E-state index in [0.29, 0.717) is 0 Å². The number of ether oxygens (including phenoxy) is 1. The van der Waals surface area contributed by atoms with E-state index in [4.69, 9.17) is 0 Å². The van der Waals surface area contributed by atoms with Crippen LogP contribution in [0.4, 0.5) is 0 Å². The van der Waals surface area contributed by atoms with Gasteiger partial charge in [0.25, 0.3) is 0 Å². The zero-order chi connectivity index (χ0) is 16.0. The zero-order valence-corrected chi connectivity index (χ0v) is 13.6. The van der Waals surface area contributed by atoms with Gasteiger partial charge in [0.2, 0.25) is 0 Å². The van der Waals surface area contributed by atoms with E-state index in [9.17, 15) is 4.79 Å². The van der Waals surface area contributed by atoms with Crippen LogP contribution in [0.1, 0.15) is 56.6 Å². The van der Waals surface area contributed by atoms with Gasteiger partial charge in [0.05, 0.1) is 7.11 Å². The highest BCUT2D eigenvalue weighted by Crippen LogP contribution is 2.06. The van der Waals surface area contributed by atoms with Crippen LogP contribution >= 0.6 is 0 Å². The monoisotopic (exact) mass is 299 g/mol. The molecule has 118 valence electrons. The third-order valence-corrected chi connectivity index (χ3v) is 3.27. The molecule has 0 bridgehead atoms. The Morgan fingerprint density at radius 3 is 2.77 bits per heavy atom. The number of carbonyl (C=O) groups is 1. The summed E-state index contributed by atoms with van der Waals surface area (Å²) in [5.41, 5.74) is 1.88. The molecule has 3 nitrogen and oxygen atoms in total. The molecule has 0 aromatic heterocycles. The Balaban J connectivity index is 2.51. The summed E-state index contributed by atoms with van der Waals surface area (Å²) in [7, 11) is 1.36. The number of methoxy groups -OCH3 is 1. The predicted molar refractivity (Wildman–Crippen MR) is 91.2 cm³/mol. The van der Waals surface area contributed by atoms with Crippen molar-refractivity contribution >= 4 is 12.2 Å². The second-order valence-electron chi connectivity index (χ2n) is 5.10. The highest BCUT2D eigenvalue weighted by atomic mass is 16.5. The SMILES string of the molecule is CCCCCCCC#Cc1ccccc1C=NCC(=O)OC. The maximum atomic E-state index is 11.0. The van der Waals surface area contributed by atoms with Gasteiger partial charge in [-0.05, 0) is 12.5 Å². The van der Waals surface area contributed by atoms with Gasteiger partial charge < -0.3 is 4.74 Å². The van der Waals surface area contributed by atoms with Gasteiger partial charge in [-0.2, -0.15) is 0 Å². The lowest BCUT2D eigenvalue weighted by Crippen LogP contribution is -2.04. The number of nitrogens with zero attached hydrogens (tertiary/aromatic N) is 1. The van der Waals surface area contributed by atoms with Crippen LogP contribution in [-0.4, -0.2) is 25.8 Å².